The predicted molar refractivity (Wildman–Crippen MR) is 123 cm³/mol. The number of rotatable bonds is 9. The first kappa shape index (κ1) is 21.3. The lowest BCUT2D eigenvalue weighted by Crippen LogP contribution is -2.32. The second kappa shape index (κ2) is 9.93. The second-order valence-corrected chi connectivity index (χ2v) is 8.82. The number of nitrogens with zero attached hydrogens (tertiary/aromatic N) is 5. The molecule has 0 atom stereocenters. The van der Waals surface area contributed by atoms with Gasteiger partial charge in [0.1, 0.15) is 0 Å². The van der Waals surface area contributed by atoms with Crippen LogP contribution >= 0.6 is 23.1 Å². The Bertz CT molecular complexity index is 1120. The average molecular weight is 454 g/mol. The number of carbonyl (C=O) groups excluding carboxylic acids is 1. The summed E-state index contributed by atoms with van der Waals surface area (Å²) in [5.41, 5.74) is 2.12. The third-order valence-corrected chi connectivity index (χ3v) is 6.60. The van der Waals surface area contributed by atoms with Crippen molar-refractivity contribution < 1.29 is 9.21 Å². The summed E-state index contributed by atoms with van der Waals surface area (Å²) in [4.78, 5) is 20.1. The molecular formula is C22H23N5O2S2. The van der Waals surface area contributed by atoms with Crippen molar-refractivity contribution in [2.75, 3.05) is 12.3 Å². The van der Waals surface area contributed by atoms with E-state index in [1.165, 1.54) is 11.8 Å². The summed E-state index contributed by atoms with van der Waals surface area (Å²) in [5, 5.41) is 11.0. The molecule has 3 heterocycles. The van der Waals surface area contributed by atoms with Gasteiger partial charge in [0.2, 0.25) is 11.8 Å². The van der Waals surface area contributed by atoms with E-state index in [9.17, 15) is 4.79 Å². The Morgan fingerprint density at radius 1 is 1.19 bits per heavy atom. The van der Waals surface area contributed by atoms with Gasteiger partial charge in [0.05, 0.1) is 29.1 Å². The highest BCUT2D eigenvalue weighted by molar-refractivity contribution is 7.99. The van der Waals surface area contributed by atoms with Crippen LogP contribution < -0.4 is 0 Å². The van der Waals surface area contributed by atoms with Gasteiger partial charge in [0.15, 0.2) is 5.16 Å². The van der Waals surface area contributed by atoms with Gasteiger partial charge in [0, 0.05) is 13.6 Å². The predicted octanol–water partition coefficient (Wildman–Crippen LogP) is 4.73. The van der Waals surface area contributed by atoms with Crippen molar-refractivity contribution in [2.45, 2.75) is 25.0 Å². The molecule has 4 rings (SSSR count). The molecule has 0 unspecified atom stereocenters. The van der Waals surface area contributed by atoms with E-state index in [1.54, 1.807) is 16.2 Å². The highest BCUT2D eigenvalue weighted by Gasteiger charge is 2.19. The van der Waals surface area contributed by atoms with Crippen LogP contribution in [0.2, 0.25) is 0 Å². The molecule has 3 aromatic heterocycles. The van der Waals surface area contributed by atoms with Crippen LogP contribution in [0.5, 0.6) is 0 Å². The Morgan fingerprint density at radius 3 is 2.77 bits per heavy atom. The fourth-order valence-corrected chi connectivity index (χ4v) is 4.66. The van der Waals surface area contributed by atoms with Crippen molar-refractivity contribution in [1.29, 1.82) is 0 Å². The fourth-order valence-electron chi connectivity index (χ4n) is 3.16. The molecule has 7 nitrogen and oxygen atoms in total. The zero-order valence-electron chi connectivity index (χ0n) is 17.4. The first-order chi connectivity index (χ1) is 15.2. The number of thiophene rings is 1. The number of amides is 1. The molecule has 0 N–H and O–H groups in total. The van der Waals surface area contributed by atoms with E-state index in [4.69, 9.17) is 4.42 Å². The SMILES string of the molecule is CCCN(Cc1nnc(-c2cccs2)o1)C(=O)CSc1ncc(-c2ccccc2)n1C. The summed E-state index contributed by atoms with van der Waals surface area (Å²) in [7, 11) is 1.97. The summed E-state index contributed by atoms with van der Waals surface area (Å²) >= 11 is 2.98. The Kier molecular flexibility index (Phi) is 6.83. The largest absolute Gasteiger partial charge is 0.418 e. The molecule has 1 amide bonds. The summed E-state index contributed by atoms with van der Waals surface area (Å²) in [5.74, 6) is 1.25. The van der Waals surface area contributed by atoms with Crippen molar-refractivity contribution in [3.63, 3.8) is 0 Å². The number of benzene rings is 1. The molecule has 0 radical (unpaired) electrons. The standard InChI is InChI=1S/C22H23N5O2S2/c1-3-11-27(14-19-24-25-21(29-19)18-10-7-12-30-18)20(28)15-31-22-23-13-17(26(22)2)16-8-5-4-6-9-16/h4-10,12-13H,3,11,14-15H2,1-2H3. The van der Waals surface area contributed by atoms with Crippen molar-refractivity contribution >= 4 is 29.0 Å². The van der Waals surface area contributed by atoms with Crippen LogP contribution in [0.3, 0.4) is 0 Å². The van der Waals surface area contributed by atoms with E-state index >= 15 is 0 Å². The van der Waals surface area contributed by atoms with E-state index in [2.05, 4.69) is 27.3 Å². The smallest absolute Gasteiger partial charge is 0.257 e. The van der Waals surface area contributed by atoms with Crippen LogP contribution in [-0.4, -0.2) is 42.9 Å². The Balaban J connectivity index is 1.40. The van der Waals surface area contributed by atoms with Crippen molar-refractivity contribution in [3.8, 4) is 22.0 Å². The monoisotopic (exact) mass is 453 g/mol. The van der Waals surface area contributed by atoms with Crippen LogP contribution in [0.4, 0.5) is 0 Å². The lowest BCUT2D eigenvalue weighted by molar-refractivity contribution is -0.129. The minimum absolute atomic E-state index is 0.0204. The average Bonchev–Trinajstić information content (AvgIpc) is 3.54. The highest BCUT2D eigenvalue weighted by atomic mass is 32.2. The van der Waals surface area contributed by atoms with Gasteiger partial charge in [-0.25, -0.2) is 4.98 Å². The molecule has 0 spiro atoms. The van der Waals surface area contributed by atoms with Crippen molar-refractivity contribution in [3.05, 3.63) is 59.9 Å². The van der Waals surface area contributed by atoms with Crippen molar-refractivity contribution in [2.24, 2.45) is 7.05 Å². The highest BCUT2D eigenvalue weighted by Crippen LogP contribution is 2.26. The minimum Gasteiger partial charge on any atom is -0.418 e. The maximum atomic E-state index is 12.9. The lowest BCUT2D eigenvalue weighted by Gasteiger charge is -2.20. The van der Waals surface area contributed by atoms with Crippen LogP contribution in [0.1, 0.15) is 19.2 Å². The van der Waals surface area contributed by atoms with Crippen LogP contribution in [0, 0.1) is 0 Å². The zero-order valence-corrected chi connectivity index (χ0v) is 19.0. The minimum atomic E-state index is 0.0204. The van der Waals surface area contributed by atoms with Gasteiger partial charge in [-0.3, -0.25) is 4.79 Å². The van der Waals surface area contributed by atoms with E-state index in [0.29, 0.717) is 30.6 Å². The second-order valence-electron chi connectivity index (χ2n) is 6.93. The van der Waals surface area contributed by atoms with Gasteiger partial charge in [-0.05, 0) is 23.4 Å². The van der Waals surface area contributed by atoms with Crippen molar-refractivity contribution in [1.82, 2.24) is 24.6 Å². The molecule has 1 aromatic carbocycles. The van der Waals surface area contributed by atoms with Gasteiger partial charge in [-0.1, -0.05) is 55.1 Å². The third-order valence-electron chi connectivity index (χ3n) is 4.71. The van der Waals surface area contributed by atoms with Crippen LogP contribution in [-0.2, 0) is 18.4 Å². The molecule has 0 aliphatic rings. The number of aromatic nitrogens is 4. The summed E-state index contributed by atoms with van der Waals surface area (Å²) in [6.07, 6.45) is 2.69. The fraction of sp³-hybridized carbons (Fsp3) is 0.273. The maximum Gasteiger partial charge on any atom is 0.257 e. The Labute approximate surface area is 189 Å². The first-order valence-corrected chi connectivity index (χ1v) is 11.9. The normalized spacial score (nSPS) is 11.0. The molecule has 160 valence electrons. The number of thioether (sulfide) groups is 1. The molecule has 0 saturated carbocycles. The third kappa shape index (κ3) is 5.05. The molecule has 4 aromatic rings. The molecule has 0 aliphatic heterocycles. The first-order valence-electron chi connectivity index (χ1n) is 9.99. The molecule has 31 heavy (non-hydrogen) atoms. The van der Waals surface area contributed by atoms with E-state index in [0.717, 1.165) is 27.7 Å². The van der Waals surface area contributed by atoms with E-state index < -0.39 is 0 Å². The topological polar surface area (TPSA) is 77.1 Å². The summed E-state index contributed by atoms with van der Waals surface area (Å²) < 4.78 is 7.78. The van der Waals surface area contributed by atoms with Gasteiger partial charge >= 0.3 is 0 Å². The van der Waals surface area contributed by atoms with Gasteiger partial charge in [-0.2, -0.15) is 0 Å². The molecule has 0 bridgehead atoms. The van der Waals surface area contributed by atoms with Crippen LogP contribution in [0.15, 0.2) is 63.6 Å². The van der Waals surface area contributed by atoms with Gasteiger partial charge < -0.3 is 13.9 Å². The summed E-state index contributed by atoms with van der Waals surface area (Å²) in [6, 6.07) is 14.0. The Hall–Kier alpha value is -2.91. The summed E-state index contributed by atoms with van der Waals surface area (Å²) in [6.45, 7) is 2.98. The molecule has 0 fully saturated rings. The molecule has 9 heteroatoms. The molecule has 0 saturated heterocycles. The number of hydrogen-bond acceptors (Lipinski definition) is 7. The van der Waals surface area contributed by atoms with Gasteiger partial charge in [0.25, 0.3) is 5.89 Å². The number of carbonyl (C=O) groups is 1. The molecular weight excluding hydrogens is 430 g/mol. The molecule has 0 aliphatic carbocycles. The number of hydrogen-bond donors (Lipinski definition) is 0. The maximum absolute atomic E-state index is 12.9. The van der Waals surface area contributed by atoms with E-state index in [-0.39, 0.29) is 5.91 Å². The van der Waals surface area contributed by atoms with Gasteiger partial charge in [-0.15, -0.1) is 21.5 Å². The lowest BCUT2D eigenvalue weighted by atomic mass is 10.2. The number of imidazole rings is 1. The Morgan fingerprint density at radius 2 is 2.03 bits per heavy atom. The quantitative estimate of drug-likeness (QED) is 0.341. The van der Waals surface area contributed by atoms with E-state index in [1.807, 2.05) is 60.4 Å². The zero-order chi connectivity index (χ0) is 21.6. The van der Waals surface area contributed by atoms with Crippen LogP contribution in [0.25, 0.3) is 22.0 Å².